The Labute approximate surface area is 132 Å². The second-order valence-electron chi connectivity index (χ2n) is 5.87. The van der Waals surface area contributed by atoms with Gasteiger partial charge in [-0.3, -0.25) is 9.67 Å². The summed E-state index contributed by atoms with van der Waals surface area (Å²) in [6.45, 7) is 2.05. The van der Waals surface area contributed by atoms with Crippen molar-refractivity contribution in [3.8, 4) is 0 Å². The summed E-state index contributed by atoms with van der Waals surface area (Å²) in [7, 11) is 1.92. The van der Waals surface area contributed by atoms with Crippen molar-refractivity contribution in [2.45, 2.75) is 13.3 Å². The standard InChI is InChI=1S/C18H15N3O2/c1-10-3-4-15-14(7-10)17(21(2)20-15)11-8-13-12(18(22)23)5-6-19-16(13)9-11/h3-7,9H,8H2,1-2H3,(H,22,23). The van der Waals surface area contributed by atoms with Crippen molar-refractivity contribution in [2.24, 2.45) is 7.05 Å². The van der Waals surface area contributed by atoms with E-state index in [0.717, 1.165) is 33.4 Å². The lowest BCUT2D eigenvalue weighted by Crippen LogP contribution is -2.04. The number of nitrogens with zero attached hydrogens (tertiary/aromatic N) is 3. The number of aromatic carboxylic acids is 1. The van der Waals surface area contributed by atoms with E-state index < -0.39 is 5.97 Å². The van der Waals surface area contributed by atoms with Crippen LogP contribution in [0.15, 0.2) is 30.5 Å². The molecule has 0 saturated carbocycles. The van der Waals surface area contributed by atoms with Crippen molar-refractivity contribution < 1.29 is 9.90 Å². The van der Waals surface area contributed by atoms with Crippen LogP contribution in [0.1, 0.15) is 32.9 Å². The molecule has 1 aliphatic rings. The van der Waals surface area contributed by atoms with Gasteiger partial charge in [-0.2, -0.15) is 5.10 Å². The molecule has 3 aromatic rings. The van der Waals surface area contributed by atoms with E-state index in [4.69, 9.17) is 0 Å². The predicted molar refractivity (Wildman–Crippen MR) is 88.2 cm³/mol. The van der Waals surface area contributed by atoms with Crippen LogP contribution in [0.4, 0.5) is 0 Å². The molecule has 0 radical (unpaired) electrons. The number of hydrogen-bond donors (Lipinski definition) is 1. The number of allylic oxidation sites excluding steroid dienone is 1. The number of hydrogen-bond acceptors (Lipinski definition) is 3. The van der Waals surface area contributed by atoms with E-state index in [1.807, 2.05) is 29.9 Å². The zero-order valence-corrected chi connectivity index (χ0v) is 12.9. The minimum Gasteiger partial charge on any atom is -0.478 e. The molecule has 4 rings (SSSR count). The largest absolute Gasteiger partial charge is 0.478 e. The van der Waals surface area contributed by atoms with E-state index in [1.165, 1.54) is 5.56 Å². The summed E-state index contributed by atoms with van der Waals surface area (Å²) in [5, 5.41) is 15.0. The normalized spacial score (nSPS) is 13.2. The van der Waals surface area contributed by atoms with Crippen molar-refractivity contribution in [2.75, 3.05) is 0 Å². The zero-order chi connectivity index (χ0) is 16.1. The van der Waals surface area contributed by atoms with E-state index in [9.17, 15) is 9.90 Å². The number of carboxylic acid groups (broad SMARTS) is 1. The summed E-state index contributed by atoms with van der Waals surface area (Å²) in [6.07, 6.45) is 4.08. The van der Waals surface area contributed by atoms with Gasteiger partial charge in [0.1, 0.15) is 0 Å². The summed E-state index contributed by atoms with van der Waals surface area (Å²) in [5.74, 6) is -0.913. The summed E-state index contributed by atoms with van der Waals surface area (Å²) >= 11 is 0. The molecule has 0 saturated heterocycles. The first-order valence-electron chi connectivity index (χ1n) is 7.40. The van der Waals surface area contributed by atoms with Crippen molar-refractivity contribution >= 4 is 28.5 Å². The third-order valence-electron chi connectivity index (χ3n) is 4.29. The fourth-order valence-corrected chi connectivity index (χ4v) is 3.27. The van der Waals surface area contributed by atoms with Crippen LogP contribution in [0.3, 0.4) is 0 Å². The first-order chi connectivity index (χ1) is 11.0. The summed E-state index contributed by atoms with van der Waals surface area (Å²) in [4.78, 5) is 15.7. The smallest absolute Gasteiger partial charge is 0.336 e. The van der Waals surface area contributed by atoms with Gasteiger partial charge < -0.3 is 5.11 Å². The average Bonchev–Trinajstić information content (AvgIpc) is 3.05. The van der Waals surface area contributed by atoms with Crippen LogP contribution in [0.5, 0.6) is 0 Å². The highest BCUT2D eigenvalue weighted by atomic mass is 16.4. The number of aromatic nitrogens is 3. The molecule has 1 aliphatic carbocycles. The number of carboxylic acids is 1. The van der Waals surface area contributed by atoms with Gasteiger partial charge in [-0.05, 0) is 42.3 Å². The maximum absolute atomic E-state index is 11.4. The van der Waals surface area contributed by atoms with Gasteiger partial charge in [-0.1, -0.05) is 11.6 Å². The molecule has 0 unspecified atom stereocenters. The van der Waals surface area contributed by atoms with Crippen LogP contribution in [0.25, 0.3) is 22.6 Å². The van der Waals surface area contributed by atoms with Gasteiger partial charge in [-0.15, -0.1) is 0 Å². The molecule has 0 amide bonds. The second-order valence-corrected chi connectivity index (χ2v) is 5.87. The second kappa shape index (κ2) is 4.78. The molecular weight excluding hydrogens is 290 g/mol. The Bertz CT molecular complexity index is 999. The average molecular weight is 305 g/mol. The van der Waals surface area contributed by atoms with Crippen LogP contribution in [0.2, 0.25) is 0 Å². The SMILES string of the molecule is Cc1ccc2nn(C)c(C3=Cc4nccc(C(=O)O)c4C3)c2c1. The van der Waals surface area contributed by atoms with Gasteiger partial charge in [0, 0.05) is 25.1 Å². The summed E-state index contributed by atoms with van der Waals surface area (Å²) < 4.78 is 1.86. The minimum atomic E-state index is -0.913. The van der Waals surface area contributed by atoms with E-state index in [1.54, 1.807) is 12.3 Å². The van der Waals surface area contributed by atoms with Crippen LogP contribution >= 0.6 is 0 Å². The Balaban J connectivity index is 1.88. The van der Waals surface area contributed by atoms with Gasteiger partial charge in [0.25, 0.3) is 0 Å². The number of aryl methyl sites for hydroxylation is 2. The number of benzene rings is 1. The molecule has 2 aromatic heterocycles. The van der Waals surface area contributed by atoms with E-state index >= 15 is 0 Å². The third kappa shape index (κ3) is 2.04. The highest BCUT2D eigenvalue weighted by molar-refractivity contribution is 6.00. The third-order valence-corrected chi connectivity index (χ3v) is 4.29. The molecule has 2 heterocycles. The number of fused-ring (bicyclic) bond motifs is 2. The van der Waals surface area contributed by atoms with Crippen molar-refractivity contribution in [1.29, 1.82) is 0 Å². The fraction of sp³-hybridized carbons (Fsp3) is 0.167. The van der Waals surface area contributed by atoms with E-state index in [2.05, 4.69) is 23.1 Å². The molecule has 0 bridgehead atoms. The number of pyridine rings is 1. The van der Waals surface area contributed by atoms with Crippen LogP contribution in [0, 0.1) is 6.92 Å². The minimum absolute atomic E-state index is 0.323. The van der Waals surface area contributed by atoms with Gasteiger partial charge in [0.2, 0.25) is 0 Å². The Morgan fingerprint density at radius 2 is 2.13 bits per heavy atom. The number of rotatable bonds is 2. The Hall–Kier alpha value is -2.95. The van der Waals surface area contributed by atoms with Gasteiger partial charge >= 0.3 is 5.97 Å². The first kappa shape index (κ1) is 13.7. The maximum Gasteiger partial charge on any atom is 0.336 e. The van der Waals surface area contributed by atoms with Crippen LogP contribution in [-0.4, -0.2) is 25.8 Å². The molecule has 0 aliphatic heterocycles. The lowest BCUT2D eigenvalue weighted by Gasteiger charge is -2.05. The van der Waals surface area contributed by atoms with Crippen LogP contribution in [-0.2, 0) is 13.5 Å². The Kier molecular flexibility index (Phi) is 2.84. The highest BCUT2D eigenvalue weighted by Gasteiger charge is 2.24. The molecule has 5 heteroatoms. The molecule has 0 spiro atoms. The molecule has 1 N–H and O–H groups in total. The predicted octanol–water partition coefficient (Wildman–Crippen LogP) is 3.07. The van der Waals surface area contributed by atoms with E-state index in [0.29, 0.717) is 12.0 Å². The highest BCUT2D eigenvalue weighted by Crippen LogP contribution is 2.35. The summed E-state index contributed by atoms with van der Waals surface area (Å²) in [5.41, 5.74) is 6.03. The van der Waals surface area contributed by atoms with Crippen LogP contribution < -0.4 is 0 Å². The fourth-order valence-electron chi connectivity index (χ4n) is 3.27. The lowest BCUT2D eigenvalue weighted by atomic mass is 10.0. The van der Waals surface area contributed by atoms with Crippen molar-refractivity contribution in [3.05, 3.63) is 58.5 Å². The molecule has 5 nitrogen and oxygen atoms in total. The maximum atomic E-state index is 11.4. The molecule has 0 atom stereocenters. The van der Waals surface area contributed by atoms with Crippen molar-refractivity contribution in [3.63, 3.8) is 0 Å². The molecule has 0 fully saturated rings. The van der Waals surface area contributed by atoms with Gasteiger partial charge in [-0.25, -0.2) is 4.79 Å². The Morgan fingerprint density at radius 3 is 2.91 bits per heavy atom. The van der Waals surface area contributed by atoms with Gasteiger partial charge in [0.05, 0.1) is 22.5 Å². The molecular formula is C18H15N3O2. The molecule has 114 valence electrons. The topological polar surface area (TPSA) is 68.0 Å². The lowest BCUT2D eigenvalue weighted by molar-refractivity contribution is 0.0695. The first-order valence-corrected chi connectivity index (χ1v) is 7.40. The zero-order valence-electron chi connectivity index (χ0n) is 12.9. The molecule has 1 aromatic carbocycles. The number of carbonyl (C=O) groups is 1. The Morgan fingerprint density at radius 1 is 1.30 bits per heavy atom. The quantitative estimate of drug-likeness (QED) is 0.790. The van der Waals surface area contributed by atoms with Gasteiger partial charge in [0.15, 0.2) is 0 Å². The van der Waals surface area contributed by atoms with Crippen molar-refractivity contribution in [1.82, 2.24) is 14.8 Å². The molecule has 23 heavy (non-hydrogen) atoms. The monoisotopic (exact) mass is 305 g/mol. The summed E-state index contributed by atoms with van der Waals surface area (Å²) in [6, 6.07) is 7.73. The van der Waals surface area contributed by atoms with E-state index in [-0.39, 0.29) is 0 Å².